The number of aromatic nitrogens is 1. The van der Waals surface area contributed by atoms with Gasteiger partial charge in [0.1, 0.15) is 5.75 Å². The lowest BCUT2D eigenvalue weighted by Gasteiger charge is -1.98. The van der Waals surface area contributed by atoms with Crippen molar-refractivity contribution in [2.24, 2.45) is 0 Å². The number of aryl methyl sites for hydroxylation is 1. The predicted octanol–water partition coefficient (Wildman–Crippen LogP) is 2.25. The molecule has 1 aromatic carbocycles. The van der Waals surface area contributed by atoms with E-state index in [1.807, 2.05) is 25.1 Å². The van der Waals surface area contributed by atoms with Gasteiger partial charge in [-0.2, -0.15) is 0 Å². The van der Waals surface area contributed by atoms with Gasteiger partial charge in [0.15, 0.2) is 0 Å². The number of fused-ring (bicyclic) bond motifs is 1. The molecule has 0 aliphatic heterocycles. The van der Waals surface area contributed by atoms with Gasteiger partial charge in [0.05, 0.1) is 11.7 Å². The molecule has 0 amide bonds. The number of hydrogen-bond acceptors (Lipinski definition) is 2. The normalized spacial score (nSPS) is 10.4. The van der Waals surface area contributed by atoms with Crippen LogP contribution in [0.4, 0.5) is 0 Å². The maximum Gasteiger partial charge on any atom is 0.134 e. The zero-order valence-electron chi connectivity index (χ0n) is 6.78. The van der Waals surface area contributed by atoms with Gasteiger partial charge in [0, 0.05) is 5.39 Å². The Morgan fingerprint density at radius 1 is 1.25 bits per heavy atom. The first-order valence-electron chi connectivity index (χ1n) is 3.81. The van der Waals surface area contributed by atoms with Crippen LogP contribution in [0.2, 0.25) is 0 Å². The second-order valence-corrected chi connectivity index (χ2v) is 2.89. The number of benzene rings is 1. The molecule has 2 heteroatoms. The summed E-state index contributed by atoms with van der Waals surface area (Å²) < 4.78 is 0. The van der Waals surface area contributed by atoms with Crippen molar-refractivity contribution in [2.75, 3.05) is 0 Å². The topological polar surface area (TPSA) is 33.1 Å². The lowest BCUT2D eigenvalue weighted by atomic mass is 10.1. The van der Waals surface area contributed by atoms with E-state index in [0.29, 0.717) is 0 Å². The second kappa shape index (κ2) is 2.48. The molecule has 2 rings (SSSR count). The highest BCUT2D eigenvalue weighted by Gasteiger charge is 1.95. The second-order valence-electron chi connectivity index (χ2n) is 2.89. The Bertz CT molecular complexity index is 382. The highest BCUT2D eigenvalue weighted by Crippen LogP contribution is 2.17. The largest absolute Gasteiger partial charge is 0.506 e. The first-order valence-corrected chi connectivity index (χ1v) is 3.81. The van der Waals surface area contributed by atoms with Crippen LogP contribution in [-0.2, 0) is 0 Å². The van der Waals surface area contributed by atoms with Gasteiger partial charge in [-0.3, -0.25) is 4.98 Å². The molecule has 2 aromatic rings. The number of pyridine rings is 1. The van der Waals surface area contributed by atoms with Crippen LogP contribution in [-0.4, -0.2) is 10.1 Å². The third kappa shape index (κ3) is 1.11. The Morgan fingerprint density at radius 3 is 2.92 bits per heavy atom. The molecular weight excluding hydrogens is 150 g/mol. The van der Waals surface area contributed by atoms with Gasteiger partial charge >= 0.3 is 0 Å². The molecule has 0 aliphatic carbocycles. The minimum absolute atomic E-state index is 0.214. The standard InChI is InChI=1S/C10H9NO/c1-7-2-3-8-5-9(12)6-11-10(8)4-7/h2-6,12H,1H3. The van der Waals surface area contributed by atoms with Crippen LogP contribution in [0.25, 0.3) is 10.9 Å². The summed E-state index contributed by atoms with van der Waals surface area (Å²) in [6.45, 7) is 2.02. The average molecular weight is 159 g/mol. The van der Waals surface area contributed by atoms with E-state index in [2.05, 4.69) is 4.98 Å². The van der Waals surface area contributed by atoms with E-state index >= 15 is 0 Å². The molecule has 60 valence electrons. The van der Waals surface area contributed by atoms with Crippen molar-refractivity contribution in [3.63, 3.8) is 0 Å². The van der Waals surface area contributed by atoms with Crippen LogP contribution >= 0.6 is 0 Å². The Kier molecular flexibility index (Phi) is 1.47. The first kappa shape index (κ1) is 7.10. The van der Waals surface area contributed by atoms with Crippen molar-refractivity contribution in [2.45, 2.75) is 6.92 Å². The van der Waals surface area contributed by atoms with Gasteiger partial charge in [0.2, 0.25) is 0 Å². The zero-order valence-corrected chi connectivity index (χ0v) is 6.78. The van der Waals surface area contributed by atoms with Crippen molar-refractivity contribution in [1.82, 2.24) is 4.98 Å². The molecule has 1 N–H and O–H groups in total. The first-order chi connectivity index (χ1) is 5.75. The summed E-state index contributed by atoms with van der Waals surface area (Å²) in [6, 6.07) is 7.66. The summed E-state index contributed by atoms with van der Waals surface area (Å²) in [5.74, 6) is 0.214. The molecular formula is C10H9NO. The van der Waals surface area contributed by atoms with E-state index in [4.69, 9.17) is 5.11 Å². The molecule has 1 aromatic heterocycles. The van der Waals surface area contributed by atoms with Crippen LogP contribution in [0.15, 0.2) is 30.5 Å². The smallest absolute Gasteiger partial charge is 0.134 e. The van der Waals surface area contributed by atoms with Crippen molar-refractivity contribution in [3.8, 4) is 5.75 Å². The minimum Gasteiger partial charge on any atom is -0.506 e. The van der Waals surface area contributed by atoms with E-state index in [1.165, 1.54) is 11.8 Å². The Morgan fingerprint density at radius 2 is 2.08 bits per heavy atom. The minimum atomic E-state index is 0.214. The molecule has 0 radical (unpaired) electrons. The molecule has 0 spiro atoms. The molecule has 0 saturated carbocycles. The molecule has 0 fully saturated rings. The summed E-state index contributed by atoms with van der Waals surface area (Å²) in [5, 5.41) is 10.1. The van der Waals surface area contributed by atoms with Gasteiger partial charge in [-0.25, -0.2) is 0 Å². The van der Waals surface area contributed by atoms with Crippen molar-refractivity contribution < 1.29 is 5.11 Å². The van der Waals surface area contributed by atoms with E-state index in [9.17, 15) is 0 Å². The summed E-state index contributed by atoms with van der Waals surface area (Å²) in [4.78, 5) is 4.09. The van der Waals surface area contributed by atoms with Gasteiger partial charge in [-0.05, 0) is 24.6 Å². The third-order valence-corrected chi connectivity index (χ3v) is 1.83. The quantitative estimate of drug-likeness (QED) is 0.639. The SMILES string of the molecule is Cc1ccc2cc(O)cnc2c1. The highest BCUT2D eigenvalue weighted by atomic mass is 16.3. The summed E-state index contributed by atoms with van der Waals surface area (Å²) >= 11 is 0. The molecule has 0 atom stereocenters. The van der Waals surface area contributed by atoms with E-state index in [0.717, 1.165) is 10.9 Å². The molecule has 0 saturated heterocycles. The van der Waals surface area contributed by atoms with Crippen LogP contribution in [0.5, 0.6) is 5.75 Å². The van der Waals surface area contributed by atoms with E-state index in [1.54, 1.807) is 6.07 Å². The van der Waals surface area contributed by atoms with Crippen LogP contribution in [0, 0.1) is 6.92 Å². The maximum absolute atomic E-state index is 9.14. The van der Waals surface area contributed by atoms with Crippen molar-refractivity contribution in [1.29, 1.82) is 0 Å². The Balaban J connectivity index is 2.79. The average Bonchev–Trinajstić information content (AvgIpc) is 2.05. The van der Waals surface area contributed by atoms with E-state index in [-0.39, 0.29) is 5.75 Å². The van der Waals surface area contributed by atoms with Crippen LogP contribution in [0.1, 0.15) is 5.56 Å². The maximum atomic E-state index is 9.14. The summed E-state index contributed by atoms with van der Waals surface area (Å²) in [6.07, 6.45) is 1.46. The lowest BCUT2D eigenvalue weighted by Crippen LogP contribution is -1.79. The molecule has 12 heavy (non-hydrogen) atoms. The molecule has 1 heterocycles. The fraction of sp³-hybridized carbons (Fsp3) is 0.100. The van der Waals surface area contributed by atoms with Crippen molar-refractivity contribution >= 4 is 10.9 Å². The third-order valence-electron chi connectivity index (χ3n) is 1.83. The van der Waals surface area contributed by atoms with Crippen LogP contribution in [0.3, 0.4) is 0 Å². The fourth-order valence-electron chi connectivity index (χ4n) is 1.22. The number of aromatic hydroxyl groups is 1. The molecule has 0 bridgehead atoms. The highest BCUT2D eigenvalue weighted by molar-refractivity contribution is 5.80. The van der Waals surface area contributed by atoms with Gasteiger partial charge in [0.25, 0.3) is 0 Å². The van der Waals surface area contributed by atoms with Crippen molar-refractivity contribution in [3.05, 3.63) is 36.0 Å². The summed E-state index contributed by atoms with van der Waals surface area (Å²) in [7, 11) is 0. The summed E-state index contributed by atoms with van der Waals surface area (Å²) in [5.41, 5.74) is 2.11. The lowest BCUT2D eigenvalue weighted by molar-refractivity contribution is 0.474. The number of rotatable bonds is 0. The van der Waals surface area contributed by atoms with Gasteiger partial charge in [-0.15, -0.1) is 0 Å². The predicted molar refractivity (Wildman–Crippen MR) is 48.1 cm³/mol. The fourth-order valence-corrected chi connectivity index (χ4v) is 1.22. The molecule has 0 aliphatic rings. The number of nitrogens with zero attached hydrogens (tertiary/aromatic N) is 1. The Labute approximate surface area is 70.5 Å². The van der Waals surface area contributed by atoms with E-state index < -0.39 is 0 Å². The zero-order chi connectivity index (χ0) is 8.55. The monoisotopic (exact) mass is 159 g/mol. The molecule has 2 nitrogen and oxygen atoms in total. The Hall–Kier alpha value is -1.57. The number of hydrogen-bond donors (Lipinski definition) is 1. The van der Waals surface area contributed by atoms with Crippen LogP contribution < -0.4 is 0 Å². The molecule has 0 unspecified atom stereocenters. The van der Waals surface area contributed by atoms with Gasteiger partial charge in [-0.1, -0.05) is 12.1 Å². The van der Waals surface area contributed by atoms with Gasteiger partial charge < -0.3 is 5.11 Å².